The average Bonchev–Trinajstić information content (AvgIpc) is 2.30. The third-order valence-corrected chi connectivity index (χ3v) is 4.33. The highest BCUT2D eigenvalue weighted by atomic mass is 35.5. The summed E-state index contributed by atoms with van der Waals surface area (Å²) in [5.41, 5.74) is 9.86. The molecule has 0 aliphatic heterocycles. The lowest BCUT2D eigenvalue weighted by Gasteiger charge is -2.21. The second-order valence-corrected chi connectivity index (χ2v) is 6.93. The summed E-state index contributed by atoms with van der Waals surface area (Å²) in [5.74, 6) is -0.603. The van der Waals surface area contributed by atoms with Crippen molar-refractivity contribution in [3.8, 4) is 0 Å². The van der Waals surface area contributed by atoms with E-state index in [9.17, 15) is 13.2 Å². The van der Waals surface area contributed by atoms with E-state index in [1.54, 1.807) is 13.8 Å². The lowest BCUT2D eigenvalue weighted by atomic mass is 9.93. The van der Waals surface area contributed by atoms with Gasteiger partial charge in [0.05, 0.1) is 11.1 Å². The third-order valence-electron chi connectivity index (χ3n) is 2.64. The summed E-state index contributed by atoms with van der Waals surface area (Å²) >= 11 is 5.74. The number of nitrogens with one attached hydrogen (secondary N) is 1. The first kappa shape index (κ1) is 15.7. The van der Waals surface area contributed by atoms with Crippen LogP contribution in [-0.2, 0) is 14.8 Å². The predicted molar refractivity (Wildman–Crippen MR) is 74.0 cm³/mol. The van der Waals surface area contributed by atoms with E-state index in [1.807, 2.05) is 0 Å². The van der Waals surface area contributed by atoms with Crippen molar-refractivity contribution in [1.82, 2.24) is 4.72 Å². The molecule has 0 heterocycles. The van der Waals surface area contributed by atoms with Gasteiger partial charge in [0.1, 0.15) is 4.90 Å². The van der Waals surface area contributed by atoms with Crippen LogP contribution in [0, 0.1) is 5.41 Å². The van der Waals surface area contributed by atoms with Crippen LogP contribution in [0.15, 0.2) is 23.1 Å². The van der Waals surface area contributed by atoms with Gasteiger partial charge in [-0.2, -0.15) is 0 Å². The van der Waals surface area contributed by atoms with Crippen molar-refractivity contribution in [2.24, 2.45) is 11.1 Å². The number of carbonyl (C=O) groups is 1. The molecule has 19 heavy (non-hydrogen) atoms. The monoisotopic (exact) mass is 305 g/mol. The number of hydrogen-bond donors (Lipinski definition) is 3. The molecular formula is C11H16ClN3O3S. The van der Waals surface area contributed by atoms with Crippen molar-refractivity contribution >= 4 is 33.2 Å². The van der Waals surface area contributed by atoms with Gasteiger partial charge >= 0.3 is 0 Å². The summed E-state index contributed by atoms with van der Waals surface area (Å²) in [6, 6.07) is 4.13. The van der Waals surface area contributed by atoms with Gasteiger partial charge in [-0.25, -0.2) is 13.1 Å². The standard InChI is InChI=1S/C11H16ClN3O3S/c1-11(2,10(14)16)6-15-19(17,18)9-5-7(12)3-4-8(9)13/h3-5,15H,6,13H2,1-2H3,(H2,14,16). The van der Waals surface area contributed by atoms with Crippen molar-refractivity contribution in [2.75, 3.05) is 12.3 Å². The molecule has 1 amide bonds. The summed E-state index contributed by atoms with van der Waals surface area (Å²) in [5, 5.41) is 0.253. The van der Waals surface area contributed by atoms with Crippen LogP contribution in [0.1, 0.15) is 13.8 Å². The van der Waals surface area contributed by atoms with Gasteiger partial charge < -0.3 is 11.5 Å². The zero-order chi connectivity index (χ0) is 14.8. The van der Waals surface area contributed by atoms with Crippen molar-refractivity contribution in [1.29, 1.82) is 0 Å². The number of benzene rings is 1. The van der Waals surface area contributed by atoms with Gasteiger partial charge in [0, 0.05) is 11.6 Å². The molecule has 0 spiro atoms. The molecule has 0 fully saturated rings. The number of hydrogen-bond acceptors (Lipinski definition) is 4. The largest absolute Gasteiger partial charge is 0.398 e. The number of nitrogens with two attached hydrogens (primary N) is 2. The van der Waals surface area contributed by atoms with Crippen molar-refractivity contribution in [3.63, 3.8) is 0 Å². The molecule has 1 rings (SSSR count). The summed E-state index contributed by atoms with van der Waals surface area (Å²) in [4.78, 5) is 11.0. The summed E-state index contributed by atoms with van der Waals surface area (Å²) < 4.78 is 26.4. The molecule has 0 aliphatic carbocycles. The Morgan fingerprint density at radius 2 is 2.00 bits per heavy atom. The first-order chi connectivity index (χ1) is 8.56. The van der Waals surface area contributed by atoms with Gasteiger partial charge in [0.2, 0.25) is 15.9 Å². The zero-order valence-corrected chi connectivity index (χ0v) is 12.2. The maximum atomic E-state index is 12.1. The molecule has 6 nitrogen and oxygen atoms in total. The van der Waals surface area contributed by atoms with E-state index in [4.69, 9.17) is 23.1 Å². The number of amides is 1. The molecule has 1 aromatic rings. The average molecular weight is 306 g/mol. The fourth-order valence-corrected chi connectivity index (χ4v) is 2.78. The first-order valence-corrected chi connectivity index (χ1v) is 7.27. The minimum atomic E-state index is -3.85. The van der Waals surface area contributed by atoms with Crippen LogP contribution >= 0.6 is 11.6 Å². The molecular weight excluding hydrogens is 290 g/mol. The Kier molecular flexibility index (Phi) is 4.44. The molecule has 0 saturated carbocycles. The minimum absolute atomic E-state index is 0.0776. The lowest BCUT2D eigenvalue weighted by Crippen LogP contribution is -2.42. The van der Waals surface area contributed by atoms with Crippen molar-refractivity contribution < 1.29 is 13.2 Å². The third kappa shape index (κ3) is 3.82. The van der Waals surface area contributed by atoms with Crippen LogP contribution in [0.25, 0.3) is 0 Å². The fourth-order valence-electron chi connectivity index (χ4n) is 1.18. The minimum Gasteiger partial charge on any atom is -0.398 e. The summed E-state index contributed by atoms with van der Waals surface area (Å²) in [6.07, 6.45) is 0. The molecule has 0 bridgehead atoms. The van der Waals surface area contributed by atoms with E-state index in [2.05, 4.69) is 4.72 Å². The maximum absolute atomic E-state index is 12.1. The van der Waals surface area contributed by atoms with Crippen LogP contribution in [0.5, 0.6) is 0 Å². The van der Waals surface area contributed by atoms with Gasteiger partial charge in [0.15, 0.2) is 0 Å². The van der Waals surface area contributed by atoms with Gasteiger partial charge in [0.25, 0.3) is 0 Å². The first-order valence-electron chi connectivity index (χ1n) is 5.41. The van der Waals surface area contributed by atoms with E-state index in [0.717, 1.165) is 0 Å². The number of primary amides is 1. The molecule has 8 heteroatoms. The molecule has 0 unspecified atom stereocenters. The predicted octanol–water partition coefficient (Wildman–Crippen LogP) is 0.712. The van der Waals surface area contributed by atoms with Gasteiger partial charge in [-0.3, -0.25) is 4.79 Å². The lowest BCUT2D eigenvalue weighted by molar-refractivity contribution is -0.125. The molecule has 0 aromatic heterocycles. The smallest absolute Gasteiger partial charge is 0.242 e. The summed E-state index contributed by atoms with van der Waals surface area (Å²) in [6.45, 7) is 2.95. The van der Waals surface area contributed by atoms with Crippen LogP contribution < -0.4 is 16.2 Å². The van der Waals surface area contributed by atoms with E-state index >= 15 is 0 Å². The Morgan fingerprint density at radius 3 is 2.53 bits per heavy atom. The van der Waals surface area contributed by atoms with E-state index in [0.29, 0.717) is 0 Å². The Morgan fingerprint density at radius 1 is 1.42 bits per heavy atom. The zero-order valence-electron chi connectivity index (χ0n) is 10.6. The Bertz CT molecular complexity index is 599. The molecule has 0 saturated heterocycles. The quantitative estimate of drug-likeness (QED) is 0.695. The normalized spacial score (nSPS) is 12.4. The Labute approximate surface area is 117 Å². The number of anilines is 1. The maximum Gasteiger partial charge on any atom is 0.242 e. The highest BCUT2D eigenvalue weighted by Crippen LogP contribution is 2.23. The van der Waals surface area contributed by atoms with E-state index < -0.39 is 21.3 Å². The van der Waals surface area contributed by atoms with Crippen LogP contribution in [-0.4, -0.2) is 20.9 Å². The number of halogens is 1. The fraction of sp³-hybridized carbons (Fsp3) is 0.364. The van der Waals surface area contributed by atoms with E-state index in [1.165, 1.54) is 18.2 Å². The molecule has 0 aliphatic rings. The number of rotatable bonds is 5. The van der Waals surface area contributed by atoms with Gasteiger partial charge in [-0.15, -0.1) is 0 Å². The van der Waals surface area contributed by atoms with Gasteiger partial charge in [-0.1, -0.05) is 11.6 Å². The summed E-state index contributed by atoms with van der Waals surface area (Å²) in [7, 11) is -3.85. The Hall–Kier alpha value is -1.31. The van der Waals surface area contributed by atoms with Crippen LogP contribution in [0.2, 0.25) is 5.02 Å². The Balaban J connectivity index is 3.00. The molecule has 0 atom stereocenters. The van der Waals surface area contributed by atoms with Crippen molar-refractivity contribution in [2.45, 2.75) is 18.7 Å². The topological polar surface area (TPSA) is 115 Å². The number of carbonyl (C=O) groups excluding carboxylic acids is 1. The number of sulfonamides is 1. The van der Waals surface area contributed by atoms with Gasteiger partial charge in [-0.05, 0) is 32.0 Å². The van der Waals surface area contributed by atoms with E-state index in [-0.39, 0.29) is 22.2 Å². The molecule has 5 N–H and O–H groups in total. The highest BCUT2D eigenvalue weighted by Gasteiger charge is 2.28. The van der Waals surface area contributed by atoms with Crippen LogP contribution in [0.3, 0.4) is 0 Å². The van der Waals surface area contributed by atoms with Crippen molar-refractivity contribution in [3.05, 3.63) is 23.2 Å². The number of nitrogen functional groups attached to an aromatic ring is 1. The second-order valence-electron chi connectivity index (χ2n) is 4.75. The SMILES string of the molecule is CC(C)(CNS(=O)(=O)c1cc(Cl)ccc1N)C(N)=O. The molecule has 106 valence electrons. The highest BCUT2D eigenvalue weighted by molar-refractivity contribution is 7.89. The molecule has 0 radical (unpaired) electrons. The molecule has 1 aromatic carbocycles. The second kappa shape index (κ2) is 5.36. The van der Waals surface area contributed by atoms with Crippen LogP contribution in [0.4, 0.5) is 5.69 Å².